The van der Waals surface area contributed by atoms with Crippen molar-refractivity contribution < 1.29 is 4.79 Å². The monoisotopic (exact) mass is 230 g/mol. The van der Waals surface area contributed by atoms with Crippen LogP contribution >= 0.6 is 0 Å². The fraction of sp³-hybridized carbons (Fsp3) is 0.429. The first kappa shape index (κ1) is 13.2. The van der Waals surface area contributed by atoms with Gasteiger partial charge in [-0.05, 0) is 30.0 Å². The summed E-state index contributed by atoms with van der Waals surface area (Å²) in [4.78, 5) is 11.9. The molecule has 1 atom stereocenters. The van der Waals surface area contributed by atoms with Gasteiger partial charge in [-0.15, -0.1) is 0 Å². The van der Waals surface area contributed by atoms with Crippen molar-refractivity contribution in [2.45, 2.75) is 33.2 Å². The van der Waals surface area contributed by atoms with Gasteiger partial charge in [-0.1, -0.05) is 32.9 Å². The predicted octanol–water partition coefficient (Wildman–Crippen LogP) is 2.53. The van der Waals surface area contributed by atoms with Crippen molar-refractivity contribution >= 4 is 5.91 Å². The summed E-state index contributed by atoms with van der Waals surface area (Å²) in [7, 11) is 0. The van der Waals surface area contributed by atoms with Gasteiger partial charge in [0.1, 0.15) is 6.04 Å². The molecule has 1 amide bonds. The molecular weight excluding hydrogens is 212 g/mol. The van der Waals surface area contributed by atoms with Crippen LogP contribution in [0.1, 0.15) is 36.7 Å². The van der Waals surface area contributed by atoms with E-state index in [2.05, 4.69) is 18.3 Å². The maximum absolute atomic E-state index is 11.9. The Hall–Kier alpha value is -1.82. The Kier molecular flexibility index (Phi) is 4.71. The Labute approximate surface area is 102 Å². The van der Waals surface area contributed by atoms with Crippen molar-refractivity contribution in [3.63, 3.8) is 0 Å². The van der Waals surface area contributed by atoms with Crippen LogP contribution in [0.2, 0.25) is 0 Å². The minimum absolute atomic E-state index is 0.110. The van der Waals surface area contributed by atoms with Crippen molar-refractivity contribution in [3.8, 4) is 6.07 Å². The normalized spacial score (nSPS) is 11.9. The zero-order chi connectivity index (χ0) is 12.8. The molecule has 1 aromatic rings. The van der Waals surface area contributed by atoms with Gasteiger partial charge in [0.05, 0.1) is 6.07 Å². The molecule has 0 radical (unpaired) electrons. The van der Waals surface area contributed by atoms with Gasteiger partial charge in [0.25, 0.3) is 5.91 Å². The maximum Gasteiger partial charge on any atom is 0.252 e. The van der Waals surface area contributed by atoms with Gasteiger partial charge in [0.2, 0.25) is 0 Å². The van der Waals surface area contributed by atoms with E-state index in [1.165, 1.54) is 5.56 Å². The molecule has 0 saturated heterocycles. The Morgan fingerprint density at radius 3 is 2.35 bits per heavy atom. The van der Waals surface area contributed by atoms with Crippen molar-refractivity contribution in [2.24, 2.45) is 5.92 Å². The third-order valence-corrected chi connectivity index (χ3v) is 2.72. The number of nitriles is 1. The third-order valence-electron chi connectivity index (χ3n) is 2.72. The summed E-state index contributed by atoms with van der Waals surface area (Å²) in [5.41, 5.74) is 1.80. The van der Waals surface area contributed by atoms with E-state index in [-0.39, 0.29) is 11.8 Å². The number of carbonyl (C=O) groups excluding carboxylic acids is 1. The molecule has 0 aliphatic heterocycles. The molecule has 1 aromatic carbocycles. The Bertz CT molecular complexity index is 415. The van der Waals surface area contributed by atoms with E-state index in [4.69, 9.17) is 5.26 Å². The molecule has 90 valence electrons. The topological polar surface area (TPSA) is 52.9 Å². The highest BCUT2D eigenvalue weighted by Crippen LogP contribution is 2.07. The average molecular weight is 230 g/mol. The number of nitrogens with zero attached hydrogens (tertiary/aromatic N) is 1. The van der Waals surface area contributed by atoms with Crippen LogP contribution in [0.15, 0.2) is 24.3 Å². The maximum atomic E-state index is 11.9. The van der Waals surface area contributed by atoms with Gasteiger partial charge in [-0.2, -0.15) is 5.26 Å². The Balaban J connectivity index is 2.73. The average Bonchev–Trinajstić information content (AvgIpc) is 2.35. The summed E-state index contributed by atoms with van der Waals surface area (Å²) in [5.74, 6) is -0.0771. The first-order valence-corrected chi connectivity index (χ1v) is 5.88. The number of hydrogen-bond donors (Lipinski definition) is 1. The smallest absolute Gasteiger partial charge is 0.252 e. The minimum Gasteiger partial charge on any atom is -0.336 e. The van der Waals surface area contributed by atoms with Crippen molar-refractivity contribution in [3.05, 3.63) is 35.4 Å². The van der Waals surface area contributed by atoms with Gasteiger partial charge in [-0.3, -0.25) is 4.79 Å². The zero-order valence-electron chi connectivity index (χ0n) is 10.5. The molecule has 0 aromatic heterocycles. The second-order valence-corrected chi connectivity index (χ2v) is 4.37. The molecule has 3 heteroatoms. The first-order valence-electron chi connectivity index (χ1n) is 5.88. The second-order valence-electron chi connectivity index (χ2n) is 4.37. The highest BCUT2D eigenvalue weighted by molar-refractivity contribution is 5.94. The number of nitrogens with one attached hydrogen (secondary N) is 1. The molecule has 0 bridgehead atoms. The van der Waals surface area contributed by atoms with Crippen LogP contribution in [-0.4, -0.2) is 11.9 Å². The van der Waals surface area contributed by atoms with Crippen molar-refractivity contribution in [2.75, 3.05) is 0 Å². The number of rotatable bonds is 4. The van der Waals surface area contributed by atoms with Gasteiger partial charge in [0, 0.05) is 5.56 Å². The molecule has 1 unspecified atom stereocenters. The number of carbonyl (C=O) groups is 1. The van der Waals surface area contributed by atoms with E-state index < -0.39 is 6.04 Å². The molecular formula is C14H18N2O. The highest BCUT2D eigenvalue weighted by atomic mass is 16.1. The minimum atomic E-state index is -0.437. The van der Waals surface area contributed by atoms with Gasteiger partial charge >= 0.3 is 0 Å². The van der Waals surface area contributed by atoms with Gasteiger partial charge in [-0.25, -0.2) is 0 Å². The summed E-state index contributed by atoms with van der Waals surface area (Å²) in [6.45, 7) is 5.89. The van der Waals surface area contributed by atoms with Crippen LogP contribution in [0.5, 0.6) is 0 Å². The fourth-order valence-corrected chi connectivity index (χ4v) is 1.46. The van der Waals surface area contributed by atoms with Crippen molar-refractivity contribution in [1.82, 2.24) is 5.32 Å². The summed E-state index contributed by atoms with van der Waals surface area (Å²) < 4.78 is 0. The van der Waals surface area contributed by atoms with Crippen LogP contribution in [0.4, 0.5) is 0 Å². The standard InChI is InChI=1S/C14H18N2O/c1-4-11-5-7-12(8-6-11)14(17)16-13(9-15)10(2)3/h5-8,10,13H,4H2,1-3H3,(H,16,17). The summed E-state index contributed by atoms with van der Waals surface area (Å²) in [5, 5.41) is 11.6. The van der Waals surface area contributed by atoms with Crippen LogP contribution in [0, 0.1) is 17.2 Å². The van der Waals surface area contributed by atoms with Gasteiger partial charge < -0.3 is 5.32 Å². The number of amides is 1. The number of benzene rings is 1. The molecule has 3 nitrogen and oxygen atoms in total. The molecule has 1 N–H and O–H groups in total. The zero-order valence-corrected chi connectivity index (χ0v) is 10.5. The number of aryl methyl sites for hydroxylation is 1. The molecule has 0 heterocycles. The van der Waals surface area contributed by atoms with Gasteiger partial charge in [0.15, 0.2) is 0 Å². The molecule has 0 saturated carbocycles. The van der Waals surface area contributed by atoms with E-state index in [1.54, 1.807) is 12.1 Å². The van der Waals surface area contributed by atoms with E-state index >= 15 is 0 Å². The van der Waals surface area contributed by atoms with E-state index in [9.17, 15) is 4.79 Å². The molecule has 0 aliphatic carbocycles. The van der Waals surface area contributed by atoms with E-state index in [0.717, 1.165) is 6.42 Å². The van der Waals surface area contributed by atoms with Crippen LogP contribution in [0.25, 0.3) is 0 Å². The van der Waals surface area contributed by atoms with Crippen LogP contribution in [0.3, 0.4) is 0 Å². The molecule has 17 heavy (non-hydrogen) atoms. The second kappa shape index (κ2) is 6.05. The number of hydrogen-bond acceptors (Lipinski definition) is 2. The lowest BCUT2D eigenvalue weighted by molar-refractivity contribution is 0.0937. The molecule has 0 spiro atoms. The van der Waals surface area contributed by atoms with Crippen molar-refractivity contribution in [1.29, 1.82) is 5.26 Å². The quantitative estimate of drug-likeness (QED) is 0.864. The largest absolute Gasteiger partial charge is 0.336 e. The first-order chi connectivity index (χ1) is 8.08. The Morgan fingerprint density at radius 1 is 1.35 bits per heavy atom. The summed E-state index contributed by atoms with van der Waals surface area (Å²) in [6.07, 6.45) is 0.953. The lowest BCUT2D eigenvalue weighted by Crippen LogP contribution is -2.37. The predicted molar refractivity (Wildman–Crippen MR) is 67.5 cm³/mol. The third kappa shape index (κ3) is 3.60. The highest BCUT2D eigenvalue weighted by Gasteiger charge is 2.15. The lowest BCUT2D eigenvalue weighted by Gasteiger charge is -2.14. The molecule has 1 rings (SSSR count). The molecule has 0 fully saturated rings. The van der Waals surface area contributed by atoms with Crippen LogP contribution < -0.4 is 5.32 Å². The van der Waals surface area contributed by atoms with E-state index in [1.807, 2.05) is 26.0 Å². The summed E-state index contributed by atoms with van der Waals surface area (Å²) >= 11 is 0. The lowest BCUT2D eigenvalue weighted by atomic mass is 10.0. The van der Waals surface area contributed by atoms with Crippen LogP contribution in [-0.2, 0) is 6.42 Å². The summed E-state index contributed by atoms with van der Waals surface area (Å²) in [6, 6.07) is 9.12. The Morgan fingerprint density at radius 2 is 1.94 bits per heavy atom. The van der Waals surface area contributed by atoms with E-state index in [0.29, 0.717) is 5.56 Å². The fourth-order valence-electron chi connectivity index (χ4n) is 1.46. The molecule has 0 aliphatic rings. The SMILES string of the molecule is CCc1ccc(C(=O)NC(C#N)C(C)C)cc1.